The molecule has 182 valence electrons. The van der Waals surface area contributed by atoms with Gasteiger partial charge in [0.1, 0.15) is 11.5 Å². The van der Waals surface area contributed by atoms with Crippen molar-refractivity contribution >= 4 is 34.0 Å². The van der Waals surface area contributed by atoms with Gasteiger partial charge in [-0.2, -0.15) is 9.78 Å². The van der Waals surface area contributed by atoms with Crippen LogP contribution >= 0.6 is 11.6 Å². The molecule has 0 fully saturated rings. The highest BCUT2D eigenvalue weighted by Crippen LogP contribution is 2.36. The number of para-hydroxylation sites is 1. The number of halogens is 1. The van der Waals surface area contributed by atoms with E-state index in [0.717, 1.165) is 22.5 Å². The van der Waals surface area contributed by atoms with Crippen LogP contribution in [-0.4, -0.2) is 34.5 Å². The molecule has 0 saturated heterocycles. The van der Waals surface area contributed by atoms with E-state index in [4.69, 9.17) is 21.1 Å². The van der Waals surface area contributed by atoms with Gasteiger partial charge in [0.25, 0.3) is 5.56 Å². The van der Waals surface area contributed by atoms with Crippen molar-refractivity contribution in [1.82, 2.24) is 14.3 Å². The number of hydrogen-bond acceptors (Lipinski definition) is 5. The topological polar surface area (TPSA) is 87.4 Å². The first-order valence-electron chi connectivity index (χ1n) is 11.2. The molecule has 2 heterocycles. The van der Waals surface area contributed by atoms with E-state index < -0.39 is 0 Å². The maximum Gasteiger partial charge on any atom is 0.281 e. The minimum absolute atomic E-state index is 0.158. The Morgan fingerprint density at radius 2 is 1.77 bits per heavy atom. The van der Waals surface area contributed by atoms with Crippen LogP contribution in [0.1, 0.15) is 24.2 Å². The van der Waals surface area contributed by atoms with Gasteiger partial charge in [0.15, 0.2) is 0 Å². The standard InChI is InChI=1S/C26H27ClN4O4/c1-16-19-15-28-31(18-9-6-5-7-10-18)26(33)25(19)17(2)30(16)12-8-11-24(32)29-21-13-20(27)22(34-3)14-23(21)35-4/h5-7,9-10,13-15H,8,11-12H2,1-4H3,(H,29,32). The Bertz CT molecular complexity index is 1440. The second kappa shape index (κ2) is 10.2. The number of aromatic nitrogens is 3. The van der Waals surface area contributed by atoms with Crippen molar-refractivity contribution in [2.24, 2.45) is 0 Å². The van der Waals surface area contributed by atoms with E-state index in [2.05, 4.69) is 15.0 Å². The molecular formula is C26H27ClN4O4. The molecule has 0 aliphatic carbocycles. The van der Waals surface area contributed by atoms with Crippen molar-refractivity contribution < 1.29 is 14.3 Å². The van der Waals surface area contributed by atoms with E-state index in [0.29, 0.717) is 40.6 Å². The number of amides is 1. The zero-order chi connectivity index (χ0) is 25.1. The van der Waals surface area contributed by atoms with E-state index in [1.54, 1.807) is 18.3 Å². The molecule has 9 heteroatoms. The van der Waals surface area contributed by atoms with Crippen molar-refractivity contribution in [2.45, 2.75) is 33.2 Å². The fraction of sp³-hybridized carbons (Fsp3) is 0.269. The summed E-state index contributed by atoms with van der Waals surface area (Å²) in [4.78, 5) is 25.8. The predicted molar refractivity (Wildman–Crippen MR) is 137 cm³/mol. The number of fused-ring (bicyclic) bond motifs is 1. The molecule has 1 N–H and O–H groups in total. The predicted octanol–water partition coefficient (Wildman–Crippen LogP) is 4.89. The maximum absolute atomic E-state index is 13.2. The van der Waals surface area contributed by atoms with Crippen molar-refractivity contribution in [2.75, 3.05) is 19.5 Å². The number of aryl methyl sites for hydroxylation is 2. The molecule has 4 rings (SSSR count). The number of ether oxygens (including phenoxy) is 2. The number of carbonyl (C=O) groups excluding carboxylic acids is 1. The second-order valence-corrected chi connectivity index (χ2v) is 8.55. The lowest BCUT2D eigenvalue weighted by atomic mass is 10.2. The summed E-state index contributed by atoms with van der Waals surface area (Å²) >= 11 is 6.20. The number of methoxy groups -OCH3 is 2. The maximum atomic E-state index is 13.2. The SMILES string of the molecule is COc1cc(OC)c(NC(=O)CCCn2c(C)c3cnn(-c4ccccc4)c(=O)c3c2C)cc1Cl. The number of nitrogens with zero attached hydrogens (tertiary/aromatic N) is 3. The van der Waals surface area contributed by atoms with Crippen LogP contribution in [-0.2, 0) is 11.3 Å². The highest BCUT2D eigenvalue weighted by atomic mass is 35.5. The molecule has 8 nitrogen and oxygen atoms in total. The third-order valence-electron chi connectivity index (χ3n) is 6.07. The van der Waals surface area contributed by atoms with Crippen molar-refractivity contribution in [1.29, 1.82) is 0 Å². The lowest BCUT2D eigenvalue weighted by Gasteiger charge is -2.13. The van der Waals surface area contributed by atoms with Gasteiger partial charge >= 0.3 is 0 Å². The van der Waals surface area contributed by atoms with Crippen LogP contribution in [0.25, 0.3) is 16.5 Å². The molecule has 0 saturated carbocycles. The van der Waals surface area contributed by atoms with Gasteiger partial charge in [0.2, 0.25) is 5.91 Å². The first-order chi connectivity index (χ1) is 16.8. The van der Waals surface area contributed by atoms with E-state index in [9.17, 15) is 9.59 Å². The largest absolute Gasteiger partial charge is 0.495 e. The molecule has 1 amide bonds. The Kier molecular flexibility index (Phi) is 7.12. The van der Waals surface area contributed by atoms with Gasteiger partial charge in [-0.15, -0.1) is 0 Å². The Balaban J connectivity index is 1.50. The molecule has 2 aromatic heterocycles. The average molecular weight is 495 g/mol. The fourth-order valence-electron chi connectivity index (χ4n) is 4.27. The molecule has 35 heavy (non-hydrogen) atoms. The Morgan fingerprint density at radius 3 is 2.46 bits per heavy atom. The third kappa shape index (κ3) is 4.74. The number of benzene rings is 2. The number of nitrogens with one attached hydrogen (secondary N) is 1. The number of anilines is 1. The van der Waals surface area contributed by atoms with Gasteiger partial charge in [0, 0.05) is 35.8 Å². The van der Waals surface area contributed by atoms with Gasteiger partial charge in [-0.05, 0) is 38.5 Å². The van der Waals surface area contributed by atoms with Crippen LogP contribution in [0.4, 0.5) is 5.69 Å². The summed E-state index contributed by atoms with van der Waals surface area (Å²) in [6, 6.07) is 12.6. The van der Waals surface area contributed by atoms with Crippen molar-refractivity contribution in [3.05, 3.63) is 75.4 Å². The summed E-state index contributed by atoms with van der Waals surface area (Å²) in [6.45, 7) is 4.48. The quantitative estimate of drug-likeness (QED) is 0.376. The van der Waals surface area contributed by atoms with Crippen LogP contribution < -0.4 is 20.3 Å². The van der Waals surface area contributed by atoms with E-state index in [-0.39, 0.29) is 17.9 Å². The third-order valence-corrected chi connectivity index (χ3v) is 6.37. The molecule has 0 bridgehead atoms. The number of hydrogen-bond donors (Lipinski definition) is 1. The van der Waals surface area contributed by atoms with Gasteiger partial charge in [-0.1, -0.05) is 29.8 Å². The smallest absolute Gasteiger partial charge is 0.281 e. The van der Waals surface area contributed by atoms with Crippen LogP contribution in [0, 0.1) is 13.8 Å². The molecular weight excluding hydrogens is 468 g/mol. The fourth-order valence-corrected chi connectivity index (χ4v) is 4.51. The lowest BCUT2D eigenvalue weighted by Crippen LogP contribution is -2.21. The lowest BCUT2D eigenvalue weighted by molar-refractivity contribution is -0.116. The van der Waals surface area contributed by atoms with Crippen LogP contribution in [0.15, 0.2) is 53.5 Å². The van der Waals surface area contributed by atoms with E-state index in [1.165, 1.54) is 18.9 Å². The van der Waals surface area contributed by atoms with Gasteiger partial charge in [-0.3, -0.25) is 9.59 Å². The summed E-state index contributed by atoms with van der Waals surface area (Å²) in [7, 11) is 3.03. The Labute approximate surface area is 208 Å². The highest BCUT2D eigenvalue weighted by Gasteiger charge is 2.17. The molecule has 0 aliphatic rings. The zero-order valence-corrected chi connectivity index (χ0v) is 20.8. The van der Waals surface area contributed by atoms with Crippen LogP contribution in [0.3, 0.4) is 0 Å². The summed E-state index contributed by atoms with van der Waals surface area (Å²) in [5, 5.41) is 9.07. The molecule has 0 radical (unpaired) electrons. The van der Waals surface area contributed by atoms with E-state index in [1.807, 2.05) is 44.2 Å². The van der Waals surface area contributed by atoms with Gasteiger partial charge < -0.3 is 19.4 Å². The molecule has 2 aromatic carbocycles. The summed E-state index contributed by atoms with van der Waals surface area (Å²) in [5.41, 5.74) is 2.85. The Morgan fingerprint density at radius 1 is 1.06 bits per heavy atom. The summed E-state index contributed by atoms with van der Waals surface area (Å²) in [6.07, 6.45) is 2.60. The molecule has 4 aromatic rings. The number of rotatable bonds is 8. The highest BCUT2D eigenvalue weighted by molar-refractivity contribution is 6.32. The minimum Gasteiger partial charge on any atom is -0.495 e. The number of carbonyl (C=O) groups is 1. The first kappa shape index (κ1) is 24.3. The minimum atomic E-state index is -0.162. The molecule has 0 aliphatic heterocycles. The van der Waals surface area contributed by atoms with Crippen molar-refractivity contribution in [3.63, 3.8) is 0 Å². The summed E-state index contributed by atoms with van der Waals surface area (Å²) < 4.78 is 14.0. The van der Waals surface area contributed by atoms with Crippen LogP contribution in [0.2, 0.25) is 5.02 Å². The first-order valence-corrected chi connectivity index (χ1v) is 11.6. The van der Waals surface area contributed by atoms with Gasteiger partial charge in [0.05, 0.1) is 42.2 Å². The average Bonchev–Trinajstić information content (AvgIpc) is 3.10. The normalized spacial score (nSPS) is 11.0. The molecule has 0 spiro atoms. The Hall–Kier alpha value is -3.78. The van der Waals surface area contributed by atoms with E-state index >= 15 is 0 Å². The molecule has 0 unspecified atom stereocenters. The molecule has 0 atom stereocenters. The zero-order valence-electron chi connectivity index (χ0n) is 20.1. The van der Waals surface area contributed by atoms with Gasteiger partial charge in [-0.25, -0.2) is 0 Å². The second-order valence-electron chi connectivity index (χ2n) is 8.15. The summed E-state index contributed by atoms with van der Waals surface area (Å²) in [5.74, 6) is 0.766. The van der Waals surface area contributed by atoms with Crippen LogP contribution in [0.5, 0.6) is 11.5 Å². The van der Waals surface area contributed by atoms with Crippen molar-refractivity contribution in [3.8, 4) is 17.2 Å². The monoisotopic (exact) mass is 494 g/mol.